The van der Waals surface area contributed by atoms with Gasteiger partial charge in [-0.2, -0.15) is 0 Å². The Balaban J connectivity index is 0.000000994. The second-order valence-corrected chi connectivity index (χ2v) is 9.34. The number of aromatic nitrogens is 1. The normalized spacial score (nSPS) is 19.7. The number of hydrogen-bond donors (Lipinski definition) is 0. The summed E-state index contributed by atoms with van der Waals surface area (Å²) in [4.78, 5) is 17.6. The average Bonchev–Trinajstić information content (AvgIpc) is 3.34. The third-order valence-corrected chi connectivity index (χ3v) is 7.39. The van der Waals surface area contributed by atoms with E-state index in [1.54, 1.807) is 0 Å². The van der Waals surface area contributed by atoms with Crippen molar-refractivity contribution >= 4 is 11.4 Å². The number of Topliss-reactive ketones (excluding diaryl/α,β-unsaturated/α-hetero) is 1. The highest BCUT2D eigenvalue weighted by Gasteiger charge is 2.52. The number of allylic oxidation sites excluding steroid dienone is 4. The number of hydrogen-bond acceptors (Lipinski definition) is 2. The molecule has 1 aromatic carbocycles. The van der Waals surface area contributed by atoms with Crippen LogP contribution in [0, 0.1) is 0 Å². The topological polar surface area (TPSA) is 30.0 Å². The quantitative estimate of drug-likeness (QED) is 0.413. The number of benzene rings is 1. The first kappa shape index (κ1) is 22.7. The van der Waals surface area contributed by atoms with Crippen molar-refractivity contribution in [3.63, 3.8) is 0 Å². The number of pyridine rings is 1. The van der Waals surface area contributed by atoms with E-state index in [0.29, 0.717) is 17.8 Å². The molecule has 0 saturated heterocycles. The molecule has 32 heavy (non-hydrogen) atoms. The lowest BCUT2D eigenvalue weighted by atomic mass is 9.93. The molecule has 1 aromatic heterocycles. The minimum atomic E-state index is 0. The van der Waals surface area contributed by atoms with Crippen LogP contribution in [-0.4, -0.2) is 10.8 Å². The summed E-state index contributed by atoms with van der Waals surface area (Å²) >= 11 is 0. The first-order valence-corrected chi connectivity index (χ1v) is 12.7. The van der Waals surface area contributed by atoms with E-state index in [2.05, 4.69) is 62.5 Å². The van der Waals surface area contributed by atoms with Crippen molar-refractivity contribution in [2.75, 3.05) is 0 Å². The van der Waals surface area contributed by atoms with Crippen molar-refractivity contribution in [1.82, 2.24) is 4.98 Å². The monoisotopic (exact) mass is 429 g/mol. The van der Waals surface area contributed by atoms with Crippen molar-refractivity contribution in [1.29, 1.82) is 0 Å². The Kier molecular flexibility index (Phi) is 6.79. The molecule has 2 aromatic rings. The van der Waals surface area contributed by atoms with Crippen LogP contribution in [0.1, 0.15) is 119 Å². The zero-order chi connectivity index (χ0) is 22.7. The van der Waals surface area contributed by atoms with Crippen LogP contribution in [0.25, 0.3) is 5.57 Å². The van der Waals surface area contributed by atoms with Crippen LogP contribution in [-0.2, 0) is 5.41 Å². The molecular formula is C30H39NO. The van der Waals surface area contributed by atoms with Gasteiger partial charge < -0.3 is 0 Å². The van der Waals surface area contributed by atoms with Crippen molar-refractivity contribution in [3.8, 4) is 0 Å². The van der Waals surface area contributed by atoms with Gasteiger partial charge in [0.05, 0.1) is 0 Å². The molecule has 2 heteroatoms. The summed E-state index contributed by atoms with van der Waals surface area (Å²) < 4.78 is 0. The summed E-state index contributed by atoms with van der Waals surface area (Å²) in [6.45, 7) is 8.35. The van der Waals surface area contributed by atoms with Gasteiger partial charge in [-0.15, -0.1) is 0 Å². The summed E-state index contributed by atoms with van der Waals surface area (Å²) in [5, 5.41) is 0. The molecule has 1 spiro atoms. The van der Waals surface area contributed by atoms with Gasteiger partial charge in [-0.1, -0.05) is 70.0 Å². The van der Waals surface area contributed by atoms with Gasteiger partial charge in [0.1, 0.15) is 0 Å². The summed E-state index contributed by atoms with van der Waals surface area (Å²) in [5.74, 6) is 0.600. The van der Waals surface area contributed by atoms with Crippen LogP contribution in [0.3, 0.4) is 0 Å². The van der Waals surface area contributed by atoms with Gasteiger partial charge in [0.25, 0.3) is 0 Å². The lowest BCUT2D eigenvalue weighted by molar-refractivity contribution is 0.0979. The van der Waals surface area contributed by atoms with Gasteiger partial charge in [0.2, 0.25) is 0 Å². The van der Waals surface area contributed by atoms with E-state index in [-0.39, 0.29) is 7.21 Å². The third-order valence-electron chi connectivity index (χ3n) is 7.39. The molecule has 1 atom stereocenters. The number of fused-ring (bicyclic) bond motifs is 2. The van der Waals surface area contributed by atoms with Gasteiger partial charge in [-0.25, -0.2) is 0 Å². The molecule has 2 nitrogen and oxygen atoms in total. The maximum atomic E-state index is 12.6. The smallest absolute Gasteiger partial charge is 0.162 e. The predicted molar refractivity (Wildman–Crippen MR) is 136 cm³/mol. The zero-order valence-corrected chi connectivity index (χ0v) is 20.2. The first-order valence-electron chi connectivity index (χ1n) is 12.7. The number of rotatable bonds is 7. The molecule has 1 unspecified atom stereocenters. The second-order valence-electron chi connectivity index (χ2n) is 9.34. The number of nitrogens with zero attached hydrogens (tertiary/aromatic N) is 1. The van der Waals surface area contributed by atoms with E-state index in [9.17, 15) is 4.79 Å². The number of unbranched alkanes of at least 4 members (excludes halogenated alkanes) is 1. The van der Waals surface area contributed by atoms with Gasteiger partial charge in [0, 0.05) is 31.2 Å². The molecule has 3 aliphatic rings. The van der Waals surface area contributed by atoms with E-state index < -0.39 is 0 Å². The van der Waals surface area contributed by atoms with Crippen molar-refractivity contribution < 1.29 is 6.22 Å². The molecule has 0 radical (unpaired) electrons. The molecule has 0 bridgehead atoms. The molecule has 0 amide bonds. The van der Waals surface area contributed by atoms with E-state index in [1.807, 2.05) is 13.8 Å². The standard InChI is InChI=1S/C28H31NO.C2H6.H2/c1-3-5-6-27(30)21-9-11-25-23(16-21)24(17-28(25)13-14-28)26-12-10-22(18-29-26)20-8-7-19(4-2)15-20;1-2;/h7,9-12,15-16,18,24H,3-6,8,13-14,17H2,1-2H3;1-2H3;1H. The first-order chi connectivity index (χ1) is 15.6. The SMILES string of the molecule is CC.CCCCC(=O)c1ccc2c(c1)C(c1ccc(C3=CC(CC)=CC3)cn1)CC21CC1.[HH]. The van der Waals surface area contributed by atoms with Crippen LogP contribution in [0.5, 0.6) is 0 Å². The Hall–Kier alpha value is -2.48. The third kappa shape index (κ3) is 4.25. The van der Waals surface area contributed by atoms with Crippen LogP contribution >= 0.6 is 0 Å². The summed E-state index contributed by atoms with van der Waals surface area (Å²) in [7, 11) is 0. The van der Waals surface area contributed by atoms with E-state index >= 15 is 0 Å². The van der Waals surface area contributed by atoms with Gasteiger partial charge >= 0.3 is 0 Å². The van der Waals surface area contributed by atoms with Gasteiger partial charge in [-0.3, -0.25) is 9.78 Å². The van der Waals surface area contributed by atoms with E-state index in [1.165, 1.54) is 40.7 Å². The van der Waals surface area contributed by atoms with Crippen molar-refractivity contribution in [2.45, 2.75) is 90.4 Å². The highest BCUT2D eigenvalue weighted by atomic mass is 16.1. The lowest BCUT2D eigenvalue weighted by Crippen LogP contribution is -2.03. The summed E-state index contributed by atoms with van der Waals surface area (Å²) in [6, 6.07) is 11.0. The largest absolute Gasteiger partial charge is 0.294 e. The highest BCUT2D eigenvalue weighted by Crippen LogP contribution is 2.61. The molecule has 3 aliphatic carbocycles. The Bertz CT molecular complexity index is 1040. The maximum absolute atomic E-state index is 12.6. The predicted octanol–water partition coefficient (Wildman–Crippen LogP) is 8.42. The fourth-order valence-corrected chi connectivity index (χ4v) is 5.32. The van der Waals surface area contributed by atoms with Crippen molar-refractivity contribution in [2.24, 2.45) is 0 Å². The minimum Gasteiger partial charge on any atom is -0.294 e. The molecule has 1 fully saturated rings. The molecule has 1 saturated carbocycles. The molecule has 1 heterocycles. The lowest BCUT2D eigenvalue weighted by Gasteiger charge is -2.13. The number of ketones is 1. The molecular weight excluding hydrogens is 390 g/mol. The number of carbonyl (C=O) groups is 1. The second kappa shape index (κ2) is 9.57. The Morgan fingerprint density at radius 3 is 2.59 bits per heavy atom. The molecule has 0 N–H and O–H groups in total. The minimum absolute atomic E-state index is 0. The summed E-state index contributed by atoms with van der Waals surface area (Å²) in [6.07, 6.45) is 15.2. The Morgan fingerprint density at radius 2 is 1.97 bits per heavy atom. The average molecular weight is 430 g/mol. The number of carbonyl (C=O) groups excluding carboxylic acids is 1. The fourth-order valence-electron chi connectivity index (χ4n) is 5.32. The van der Waals surface area contributed by atoms with E-state index in [0.717, 1.165) is 43.4 Å². The molecule has 170 valence electrons. The van der Waals surface area contributed by atoms with Gasteiger partial charge in [0.15, 0.2) is 5.78 Å². The van der Waals surface area contributed by atoms with Crippen LogP contribution in [0.4, 0.5) is 0 Å². The molecule has 5 rings (SSSR count). The zero-order valence-electron chi connectivity index (χ0n) is 20.2. The maximum Gasteiger partial charge on any atom is 0.162 e. The van der Waals surface area contributed by atoms with Crippen LogP contribution in [0.2, 0.25) is 0 Å². The fraction of sp³-hybridized carbons (Fsp3) is 0.467. The Morgan fingerprint density at radius 1 is 1.16 bits per heavy atom. The van der Waals surface area contributed by atoms with Crippen LogP contribution < -0.4 is 0 Å². The summed E-state index contributed by atoms with van der Waals surface area (Å²) in [5.41, 5.74) is 9.25. The Labute approximate surface area is 195 Å². The van der Waals surface area contributed by atoms with Crippen LogP contribution in [0.15, 0.2) is 54.3 Å². The van der Waals surface area contributed by atoms with Gasteiger partial charge in [-0.05, 0) is 78.3 Å². The van der Waals surface area contributed by atoms with E-state index in [4.69, 9.17) is 4.98 Å². The highest BCUT2D eigenvalue weighted by molar-refractivity contribution is 5.96. The van der Waals surface area contributed by atoms with Crippen molar-refractivity contribution in [3.05, 3.63) is 82.2 Å². The molecule has 0 aliphatic heterocycles.